The van der Waals surface area contributed by atoms with Crippen molar-refractivity contribution in [3.8, 4) is 5.00 Å². The minimum absolute atomic E-state index is 0.329. The molecular formula is C24H26ClN7OS. The number of benzene rings is 1. The molecule has 1 aliphatic rings. The van der Waals surface area contributed by atoms with Crippen molar-refractivity contribution >= 4 is 28.6 Å². The van der Waals surface area contributed by atoms with Crippen molar-refractivity contribution in [2.45, 2.75) is 45.9 Å². The molecule has 0 saturated heterocycles. The van der Waals surface area contributed by atoms with Crippen LogP contribution in [0.1, 0.15) is 51.5 Å². The van der Waals surface area contributed by atoms with Crippen molar-refractivity contribution in [1.29, 1.82) is 0 Å². The van der Waals surface area contributed by atoms with Crippen LogP contribution in [0.2, 0.25) is 5.02 Å². The molecule has 4 heterocycles. The molecule has 3 N–H and O–H groups in total. The standard InChI is InChI=1S/C24H26ClN7OS/c1-13-14(2)34-24-21(13)22(16-4-6-17(25)7-5-16)29-18(23-31-30-15(3)32(23)24)12-28-20(33)9-8-19-26-10-11-27-19/h4-7,10-11,18,20,28,33H,8-9,12H2,1-3H3,(H,26,27)/t18-,20?/m0/s1. The van der Waals surface area contributed by atoms with Gasteiger partial charge in [0, 0.05) is 46.4 Å². The van der Waals surface area contributed by atoms with Gasteiger partial charge in [-0.05, 0) is 44.9 Å². The highest BCUT2D eigenvalue weighted by Crippen LogP contribution is 2.38. The number of aryl methyl sites for hydroxylation is 3. The Balaban J connectivity index is 1.51. The third-order valence-corrected chi connectivity index (χ3v) is 7.56. The number of hydrogen-bond donors (Lipinski definition) is 3. The Morgan fingerprint density at radius 1 is 1.21 bits per heavy atom. The first kappa shape index (κ1) is 22.9. The number of H-pyrrole nitrogens is 1. The van der Waals surface area contributed by atoms with Gasteiger partial charge < -0.3 is 10.1 Å². The third-order valence-electron chi connectivity index (χ3n) is 6.11. The smallest absolute Gasteiger partial charge is 0.164 e. The second kappa shape index (κ2) is 9.42. The number of hydrogen-bond acceptors (Lipinski definition) is 7. The number of halogens is 1. The Hall–Kier alpha value is -2.85. The second-order valence-corrected chi connectivity index (χ2v) is 10.0. The van der Waals surface area contributed by atoms with Crippen molar-refractivity contribution < 1.29 is 5.11 Å². The molecule has 0 saturated carbocycles. The Labute approximate surface area is 206 Å². The number of aromatic nitrogens is 5. The molecule has 4 aromatic rings. The van der Waals surface area contributed by atoms with Crippen LogP contribution in [0.5, 0.6) is 0 Å². The fourth-order valence-electron chi connectivity index (χ4n) is 4.19. The molecule has 2 atom stereocenters. The maximum absolute atomic E-state index is 10.6. The summed E-state index contributed by atoms with van der Waals surface area (Å²) in [6.45, 7) is 6.64. The largest absolute Gasteiger partial charge is 0.379 e. The van der Waals surface area contributed by atoms with Gasteiger partial charge in [-0.25, -0.2) is 4.98 Å². The van der Waals surface area contributed by atoms with Crippen LogP contribution in [0.4, 0.5) is 0 Å². The fourth-order valence-corrected chi connectivity index (χ4v) is 5.53. The molecule has 0 fully saturated rings. The quantitative estimate of drug-likeness (QED) is 0.335. The lowest BCUT2D eigenvalue weighted by atomic mass is 10.00. The van der Waals surface area contributed by atoms with Crippen LogP contribution in [0, 0.1) is 20.8 Å². The van der Waals surface area contributed by atoms with Gasteiger partial charge in [-0.2, -0.15) is 0 Å². The van der Waals surface area contributed by atoms with Crippen LogP contribution in [-0.2, 0) is 6.42 Å². The Bertz CT molecular complexity index is 1320. The van der Waals surface area contributed by atoms with E-state index in [9.17, 15) is 5.11 Å². The summed E-state index contributed by atoms with van der Waals surface area (Å²) < 4.78 is 2.11. The SMILES string of the molecule is Cc1sc2c(c1C)C(c1ccc(Cl)cc1)=N[C@@H](CNC(O)CCc1ncc[nH]1)c1nnc(C)n1-2. The van der Waals surface area contributed by atoms with E-state index in [2.05, 4.69) is 43.9 Å². The third kappa shape index (κ3) is 4.32. The number of rotatable bonds is 7. The number of aliphatic hydroxyl groups excluding tert-OH is 1. The van der Waals surface area contributed by atoms with E-state index in [1.165, 1.54) is 10.4 Å². The van der Waals surface area contributed by atoms with Gasteiger partial charge in [0.15, 0.2) is 5.82 Å². The first-order valence-corrected chi connectivity index (χ1v) is 12.4. The van der Waals surface area contributed by atoms with Crippen molar-refractivity contribution in [2.75, 3.05) is 6.54 Å². The molecule has 1 aliphatic heterocycles. The van der Waals surface area contributed by atoms with E-state index in [4.69, 9.17) is 16.6 Å². The highest BCUT2D eigenvalue weighted by molar-refractivity contribution is 7.15. The highest BCUT2D eigenvalue weighted by Gasteiger charge is 2.31. The number of nitrogens with one attached hydrogen (secondary N) is 2. The number of imidazole rings is 1. The summed E-state index contributed by atoms with van der Waals surface area (Å²) in [7, 11) is 0. The van der Waals surface area contributed by atoms with Gasteiger partial charge in [-0.1, -0.05) is 23.7 Å². The number of thiophene rings is 1. The molecule has 0 radical (unpaired) electrons. The van der Waals surface area contributed by atoms with Crippen molar-refractivity contribution in [2.24, 2.45) is 4.99 Å². The van der Waals surface area contributed by atoms with Gasteiger partial charge in [0.1, 0.15) is 28.9 Å². The molecule has 1 aromatic carbocycles. The lowest BCUT2D eigenvalue weighted by Gasteiger charge is -2.17. The van der Waals surface area contributed by atoms with E-state index in [-0.39, 0.29) is 6.04 Å². The molecule has 10 heteroatoms. The summed E-state index contributed by atoms with van der Waals surface area (Å²) in [5.74, 6) is 2.42. The summed E-state index contributed by atoms with van der Waals surface area (Å²) in [5, 5.41) is 24.4. The van der Waals surface area contributed by atoms with Gasteiger partial charge in [0.25, 0.3) is 0 Å². The summed E-state index contributed by atoms with van der Waals surface area (Å²) >= 11 is 7.89. The Morgan fingerprint density at radius 3 is 2.74 bits per heavy atom. The molecule has 5 rings (SSSR count). The van der Waals surface area contributed by atoms with Gasteiger partial charge in [-0.3, -0.25) is 14.9 Å². The van der Waals surface area contributed by atoms with E-state index >= 15 is 0 Å². The molecule has 176 valence electrons. The minimum Gasteiger partial charge on any atom is -0.379 e. The number of nitrogens with zero attached hydrogens (tertiary/aromatic N) is 5. The molecule has 3 aromatic heterocycles. The predicted molar refractivity (Wildman–Crippen MR) is 134 cm³/mol. The molecule has 34 heavy (non-hydrogen) atoms. The zero-order valence-corrected chi connectivity index (χ0v) is 20.8. The number of aliphatic hydroxyl groups is 1. The van der Waals surface area contributed by atoms with Crippen LogP contribution in [0.25, 0.3) is 5.00 Å². The Kier molecular flexibility index (Phi) is 6.35. The number of aliphatic imine (C=N–C) groups is 1. The van der Waals surface area contributed by atoms with Crippen LogP contribution < -0.4 is 5.32 Å². The topological polar surface area (TPSA) is 104 Å². The van der Waals surface area contributed by atoms with E-state index in [1.807, 2.05) is 31.2 Å². The first-order chi connectivity index (χ1) is 16.4. The highest BCUT2D eigenvalue weighted by atomic mass is 35.5. The summed E-state index contributed by atoms with van der Waals surface area (Å²) in [5.41, 5.74) is 4.18. The van der Waals surface area contributed by atoms with Gasteiger partial charge in [-0.15, -0.1) is 21.5 Å². The van der Waals surface area contributed by atoms with Gasteiger partial charge in [0.05, 0.1) is 5.71 Å². The summed E-state index contributed by atoms with van der Waals surface area (Å²) in [4.78, 5) is 13.7. The van der Waals surface area contributed by atoms with E-state index in [0.717, 1.165) is 39.3 Å². The van der Waals surface area contributed by atoms with Gasteiger partial charge in [0.2, 0.25) is 0 Å². The fraction of sp³-hybridized carbons (Fsp3) is 0.333. The number of aromatic amines is 1. The number of fused-ring (bicyclic) bond motifs is 3. The molecule has 0 amide bonds. The van der Waals surface area contributed by atoms with Crippen molar-refractivity contribution in [3.05, 3.63) is 80.7 Å². The van der Waals surface area contributed by atoms with E-state index in [0.29, 0.717) is 24.4 Å². The van der Waals surface area contributed by atoms with Crippen LogP contribution in [0.15, 0.2) is 41.7 Å². The van der Waals surface area contributed by atoms with Crippen LogP contribution >= 0.6 is 22.9 Å². The summed E-state index contributed by atoms with van der Waals surface area (Å²) in [6, 6.07) is 7.44. The molecule has 0 spiro atoms. The second-order valence-electron chi connectivity index (χ2n) is 8.40. The summed E-state index contributed by atoms with van der Waals surface area (Å²) in [6.07, 6.45) is 3.98. The maximum Gasteiger partial charge on any atom is 0.164 e. The first-order valence-electron chi connectivity index (χ1n) is 11.2. The Morgan fingerprint density at radius 2 is 2.00 bits per heavy atom. The van der Waals surface area contributed by atoms with Crippen molar-refractivity contribution in [3.63, 3.8) is 0 Å². The predicted octanol–water partition coefficient (Wildman–Crippen LogP) is 4.06. The lowest BCUT2D eigenvalue weighted by molar-refractivity contribution is 0.125. The van der Waals surface area contributed by atoms with Crippen molar-refractivity contribution in [1.82, 2.24) is 30.0 Å². The minimum atomic E-state index is -0.696. The van der Waals surface area contributed by atoms with Crippen LogP contribution in [0.3, 0.4) is 0 Å². The van der Waals surface area contributed by atoms with E-state index in [1.54, 1.807) is 23.7 Å². The lowest BCUT2D eigenvalue weighted by Crippen LogP contribution is -2.33. The van der Waals surface area contributed by atoms with Crippen LogP contribution in [-0.4, -0.2) is 48.3 Å². The van der Waals surface area contributed by atoms with Gasteiger partial charge >= 0.3 is 0 Å². The molecular weight excluding hydrogens is 470 g/mol. The average molecular weight is 496 g/mol. The molecule has 1 unspecified atom stereocenters. The monoisotopic (exact) mass is 495 g/mol. The molecule has 8 nitrogen and oxygen atoms in total. The zero-order chi connectivity index (χ0) is 23.8. The average Bonchev–Trinajstić information content (AvgIpc) is 3.52. The molecule has 0 bridgehead atoms. The molecule has 0 aliphatic carbocycles. The zero-order valence-electron chi connectivity index (χ0n) is 19.2. The maximum atomic E-state index is 10.6. The van der Waals surface area contributed by atoms with E-state index < -0.39 is 6.23 Å². The normalized spacial score (nSPS) is 16.0.